The van der Waals surface area contributed by atoms with Gasteiger partial charge in [-0.2, -0.15) is 4.98 Å². The molecular formula is C12H21N3O. The molecule has 90 valence electrons. The highest BCUT2D eigenvalue weighted by molar-refractivity contribution is 5.12. The Bertz CT molecular complexity index is 345. The van der Waals surface area contributed by atoms with Crippen LogP contribution in [0.5, 0.6) is 6.01 Å². The minimum absolute atomic E-state index is 0.264. The van der Waals surface area contributed by atoms with Crippen molar-refractivity contribution in [1.82, 2.24) is 9.97 Å². The Balaban J connectivity index is 2.57. The topological polar surface area (TPSA) is 61.0 Å². The normalized spacial score (nSPS) is 11.6. The van der Waals surface area contributed by atoms with E-state index in [2.05, 4.69) is 30.7 Å². The Morgan fingerprint density at radius 1 is 1.31 bits per heavy atom. The predicted molar refractivity (Wildman–Crippen MR) is 64.2 cm³/mol. The van der Waals surface area contributed by atoms with E-state index < -0.39 is 0 Å². The van der Waals surface area contributed by atoms with Gasteiger partial charge >= 0.3 is 6.01 Å². The van der Waals surface area contributed by atoms with Crippen molar-refractivity contribution >= 4 is 0 Å². The third-order valence-corrected chi connectivity index (χ3v) is 2.18. The fraction of sp³-hybridized carbons (Fsp3) is 0.667. The largest absolute Gasteiger partial charge is 0.463 e. The molecule has 1 aromatic rings. The molecular weight excluding hydrogens is 202 g/mol. The first-order chi connectivity index (χ1) is 7.40. The molecule has 0 aliphatic carbocycles. The summed E-state index contributed by atoms with van der Waals surface area (Å²) in [5.41, 5.74) is 7.51. The third-order valence-electron chi connectivity index (χ3n) is 2.18. The van der Waals surface area contributed by atoms with E-state index in [4.69, 9.17) is 10.5 Å². The van der Waals surface area contributed by atoms with Crippen LogP contribution >= 0.6 is 0 Å². The van der Waals surface area contributed by atoms with Crippen LogP contribution in [0.15, 0.2) is 6.07 Å². The van der Waals surface area contributed by atoms with Gasteiger partial charge in [0.05, 0.1) is 12.3 Å². The van der Waals surface area contributed by atoms with Crippen molar-refractivity contribution in [2.24, 2.45) is 11.1 Å². The molecule has 16 heavy (non-hydrogen) atoms. The first kappa shape index (κ1) is 12.9. The van der Waals surface area contributed by atoms with Crippen molar-refractivity contribution in [3.8, 4) is 6.01 Å². The first-order valence-corrected chi connectivity index (χ1v) is 5.58. The van der Waals surface area contributed by atoms with Gasteiger partial charge in [-0.25, -0.2) is 4.98 Å². The van der Waals surface area contributed by atoms with Gasteiger partial charge in [0, 0.05) is 12.2 Å². The van der Waals surface area contributed by atoms with E-state index in [-0.39, 0.29) is 5.41 Å². The van der Waals surface area contributed by atoms with Crippen LogP contribution in [0.2, 0.25) is 0 Å². The van der Waals surface area contributed by atoms with Crippen molar-refractivity contribution in [3.05, 3.63) is 17.5 Å². The first-order valence-electron chi connectivity index (χ1n) is 5.58. The predicted octanol–water partition coefficient (Wildman–Crippen LogP) is 2.06. The van der Waals surface area contributed by atoms with Gasteiger partial charge in [-0.1, -0.05) is 20.8 Å². The summed E-state index contributed by atoms with van der Waals surface area (Å²) in [6, 6.07) is 2.31. The number of nitrogens with two attached hydrogens (primary N) is 1. The molecule has 1 aromatic heterocycles. The van der Waals surface area contributed by atoms with E-state index in [1.54, 1.807) is 0 Å². The lowest BCUT2D eigenvalue weighted by Gasteiger charge is -2.17. The molecule has 0 unspecified atom stereocenters. The molecule has 4 heteroatoms. The summed E-state index contributed by atoms with van der Waals surface area (Å²) in [5.74, 6) is 0. The zero-order chi connectivity index (χ0) is 12.2. The van der Waals surface area contributed by atoms with Crippen LogP contribution in [0.25, 0.3) is 0 Å². The minimum Gasteiger partial charge on any atom is -0.463 e. The van der Waals surface area contributed by atoms with Gasteiger partial charge in [0.1, 0.15) is 0 Å². The van der Waals surface area contributed by atoms with E-state index in [0.29, 0.717) is 19.2 Å². The van der Waals surface area contributed by atoms with Gasteiger partial charge < -0.3 is 10.5 Å². The summed E-state index contributed by atoms with van der Waals surface area (Å²) < 4.78 is 5.53. The highest BCUT2D eigenvalue weighted by atomic mass is 16.5. The van der Waals surface area contributed by atoms with Gasteiger partial charge in [0.15, 0.2) is 0 Å². The molecule has 0 fully saturated rings. The molecule has 2 N–H and O–H groups in total. The van der Waals surface area contributed by atoms with Gasteiger partial charge in [-0.05, 0) is 24.8 Å². The van der Waals surface area contributed by atoms with Gasteiger partial charge in [0.25, 0.3) is 0 Å². The Kier molecular flexibility index (Phi) is 4.24. The quantitative estimate of drug-likeness (QED) is 0.848. The SMILES string of the molecule is Cc1cc(CN)nc(OCCC(C)(C)C)n1. The Morgan fingerprint density at radius 3 is 2.56 bits per heavy atom. The molecule has 0 atom stereocenters. The number of aromatic nitrogens is 2. The van der Waals surface area contributed by atoms with E-state index in [1.807, 2.05) is 13.0 Å². The second-order valence-electron chi connectivity index (χ2n) is 5.15. The van der Waals surface area contributed by atoms with E-state index in [9.17, 15) is 0 Å². The number of nitrogens with zero attached hydrogens (tertiary/aromatic N) is 2. The van der Waals surface area contributed by atoms with Crippen LogP contribution in [0, 0.1) is 12.3 Å². The number of hydrogen-bond donors (Lipinski definition) is 1. The molecule has 0 amide bonds. The molecule has 0 spiro atoms. The average Bonchev–Trinajstić information content (AvgIpc) is 2.14. The summed E-state index contributed by atoms with van der Waals surface area (Å²) >= 11 is 0. The highest BCUT2D eigenvalue weighted by Gasteiger charge is 2.10. The lowest BCUT2D eigenvalue weighted by Crippen LogP contribution is -2.13. The van der Waals surface area contributed by atoms with Gasteiger partial charge in [-0.15, -0.1) is 0 Å². The van der Waals surface area contributed by atoms with Gasteiger partial charge in [0.2, 0.25) is 0 Å². The maximum Gasteiger partial charge on any atom is 0.316 e. The minimum atomic E-state index is 0.264. The molecule has 0 bridgehead atoms. The number of ether oxygens (including phenoxy) is 1. The molecule has 0 saturated carbocycles. The maximum atomic E-state index is 5.54. The van der Waals surface area contributed by atoms with Crippen molar-refractivity contribution in [1.29, 1.82) is 0 Å². The Labute approximate surface area is 97.2 Å². The standard InChI is InChI=1S/C12H21N3O/c1-9-7-10(8-13)15-11(14-9)16-6-5-12(2,3)4/h7H,5-6,8,13H2,1-4H3. The van der Waals surface area contributed by atoms with Crippen LogP contribution in [0.3, 0.4) is 0 Å². The molecule has 0 aromatic carbocycles. The second kappa shape index (κ2) is 5.25. The average molecular weight is 223 g/mol. The summed E-state index contributed by atoms with van der Waals surface area (Å²) in [4.78, 5) is 8.43. The van der Waals surface area contributed by atoms with Crippen molar-refractivity contribution in [2.45, 2.75) is 40.7 Å². The van der Waals surface area contributed by atoms with Gasteiger partial charge in [-0.3, -0.25) is 0 Å². The van der Waals surface area contributed by atoms with E-state index in [1.165, 1.54) is 0 Å². The smallest absolute Gasteiger partial charge is 0.316 e. The fourth-order valence-electron chi connectivity index (χ4n) is 1.22. The Hall–Kier alpha value is -1.16. The van der Waals surface area contributed by atoms with E-state index >= 15 is 0 Å². The summed E-state index contributed by atoms with van der Waals surface area (Å²) in [5, 5.41) is 0. The van der Waals surface area contributed by atoms with E-state index in [0.717, 1.165) is 17.8 Å². The Morgan fingerprint density at radius 2 is 2.00 bits per heavy atom. The van der Waals surface area contributed by atoms with Crippen molar-refractivity contribution in [2.75, 3.05) is 6.61 Å². The molecule has 1 heterocycles. The maximum absolute atomic E-state index is 5.54. The number of hydrogen-bond acceptors (Lipinski definition) is 4. The highest BCUT2D eigenvalue weighted by Crippen LogP contribution is 2.18. The monoisotopic (exact) mass is 223 g/mol. The van der Waals surface area contributed by atoms with Crippen LogP contribution in [0.4, 0.5) is 0 Å². The third kappa shape index (κ3) is 4.57. The lowest BCUT2D eigenvalue weighted by molar-refractivity contribution is 0.228. The fourth-order valence-corrected chi connectivity index (χ4v) is 1.22. The summed E-state index contributed by atoms with van der Waals surface area (Å²) in [6.45, 7) is 9.50. The molecule has 0 saturated heterocycles. The zero-order valence-electron chi connectivity index (χ0n) is 10.6. The number of aryl methyl sites for hydroxylation is 1. The van der Waals surface area contributed by atoms with Crippen LogP contribution in [-0.4, -0.2) is 16.6 Å². The molecule has 1 rings (SSSR count). The van der Waals surface area contributed by atoms with Crippen LogP contribution in [-0.2, 0) is 6.54 Å². The molecule has 4 nitrogen and oxygen atoms in total. The number of rotatable bonds is 4. The molecule has 0 aliphatic heterocycles. The van der Waals surface area contributed by atoms with Crippen LogP contribution < -0.4 is 10.5 Å². The molecule has 0 radical (unpaired) electrons. The van der Waals surface area contributed by atoms with Crippen molar-refractivity contribution < 1.29 is 4.74 Å². The second-order valence-corrected chi connectivity index (χ2v) is 5.15. The summed E-state index contributed by atoms with van der Waals surface area (Å²) in [7, 11) is 0. The zero-order valence-corrected chi connectivity index (χ0v) is 10.6. The summed E-state index contributed by atoms with van der Waals surface area (Å²) in [6.07, 6.45) is 0.974. The van der Waals surface area contributed by atoms with Crippen LogP contribution in [0.1, 0.15) is 38.6 Å². The molecule has 0 aliphatic rings. The lowest BCUT2D eigenvalue weighted by atomic mass is 9.93. The van der Waals surface area contributed by atoms with Crippen molar-refractivity contribution in [3.63, 3.8) is 0 Å².